The number of amides is 1. The van der Waals surface area contributed by atoms with E-state index in [1.54, 1.807) is 28.6 Å². The molecule has 1 heterocycles. The van der Waals surface area contributed by atoms with Gasteiger partial charge < -0.3 is 10.4 Å². The monoisotopic (exact) mass is 321 g/mol. The van der Waals surface area contributed by atoms with Crippen LogP contribution in [0.5, 0.6) is 0 Å². The Kier molecular flexibility index (Phi) is 6.35. The summed E-state index contributed by atoms with van der Waals surface area (Å²) in [5.74, 6) is 0.727. The van der Waals surface area contributed by atoms with Gasteiger partial charge in [-0.3, -0.25) is 4.79 Å². The van der Waals surface area contributed by atoms with E-state index >= 15 is 0 Å². The number of aromatic nitrogens is 4. The van der Waals surface area contributed by atoms with Crippen molar-refractivity contribution in [2.24, 2.45) is 0 Å². The van der Waals surface area contributed by atoms with Gasteiger partial charge in [0.15, 0.2) is 0 Å². The summed E-state index contributed by atoms with van der Waals surface area (Å²) in [4.78, 5) is 12.1. The molecule has 0 aliphatic rings. The molecule has 2 N–H and O–H groups in total. The Labute approximate surface area is 133 Å². The number of carbonyl (C=O) groups is 1. The van der Waals surface area contributed by atoms with E-state index in [1.165, 1.54) is 6.33 Å². The van der Waals surface area contributed by atoms with Crippen LogP contribution in [-0.2, 0) is 6.54 Å². The molecule has 0 aliphatic carbocycles. The zero-order chi connectivity index (χ0) is 15.8. The van der Waals surface area contributed by atoms with E-state index in [2.05, 4.69) is 20.8 Å². The summed E-state index contributed by atoms with van der Waals surface area (Å²) in [7, 11) is 0. The van der Waals surface area contributed by atoms with Crippen molar-refractivity contribution in [3.05, 3.63) is 41.7 Å². The second kappa shape index (κ2) is 8.50. The van der Waals surface area contributed by atoms with Crippen LogP contribution in [0.15, 0.2) is 30.6 Å². The minimum absolute atomic E-state index is 0.0519. The maximum absolute atomic E-state index is 12.1. The molecule has 1 aromatic heterocycles. The first kappa shape index (κ1) is 16.4. The highest BCUT2D eigenvalue weighted by Gasteiger charge is 2.12. The Hall–Kier alpha value is -1.93. The molecule has 2 aromatic rings. The number of benzene rings is 1. The summed E-state index contributed by atoms with van der Waals surface area (Å²) in [6.07, 6.45) is 4.29. The lowest BCUT2D eigenvalue weighted by atomic mass is 10.1. The summed E-state index contributed by atoms with van der Waals surface area (Å²) in [5.41, 5.74) is 1.58. The number of thioether (sulfide) groups is 1. The number of nitrogens with one attached hydrogen (secondary N) is 1. The molecule has 8 heteroatoms. The molecular weight excluding hydrogens is 302 g/mol. The Bertz CT molecular complexity index is 573. The molecule has 1 aromatic carbocycles. The molecule has 0 radical (unpaired) electrons. The van der Waals surface area contributed by atoms with E-state index in [-0.39, 0.29) is 18.6 Å². The molecule has 0 bridgehead atoms. The van der Waals surface area contributed by atoms with E-state index in [9.17, 15) is 9.90 Å². The van der Waals surface area contributed by atoms with Crippen LogP contribution in [0.1, 0.15) is 22.3 Å². The minimum Gasteiger partial charge on any atom is -0.394 e. The Balaban J connectivity index is 1.92. The van der Waals surface area contributed by atoms with Gasteiger partial charge in [-0.1, -0.05) is 12.1 Å². The third kappa shape index (κ3) is 4.81. The first-order valence-electron chi connectivity index (χ1n) is 6.93. The van der Waals surface area contributed by atoms with E-state index in [1.807, 2.05) is 18.4 Å². The summed E-state index contributed by atoms with van der Waals surface area (Å²) in [5, 5.41) is 23.1. The number of aliphatic hydroxyl groups is 1. The standard InChI is InChI=1S/C14H19N5O2S/c1-22-7-6-13(9-20)16-14(21)12-4-2-11(3-5-12)8-19-10-15-17-18-19/h2-5,10,13,20H,6-9H2,1H3,(H,16,21)/t13-/m0/s1. The molecule has 0 fully saturated rings. The molecule has 2 rings (SSSR count). The first-order valence-corrected chi connectivity index (χ1v) is 8.32. The molecule has 1 atom stereocenters. The lowest BCUT2D eigenvalue weighted by Gasteiger charge is -2.15. The van der Waals surface area contributed by atoms with Gasteiger partial charge in [0.1, 0.15) is 6.33 Å². The lowest BCUT2D eigenvalue weighted by Crippen LogP contribution is -2.37. The van der Waals surface area contributed by atoms with Gasteiger partial charge in [0.2, 0.25) is 0 Å². The van der Waals surface area contributed by atoms with Gasteiger partial charge in [-0.05, 0) is 46.6 Å². The second-order valence-corrected chi connectivity index (χ2v) is 5.82. The largest absolute Gasteiger partial charge is 0.394 e. The van der Waals surface area contributed by atoms with Gasteiger partial charge in [-0.25, -0.2) is 4.68 Å². The smallest absolute Gasteiger partial charge is 0.251 e. The summed E-state index contributed by atoms with van der Waals surface area (Å²) < 4.78 is 1.61. The van der Waals surface area contributed by atoms with Crippen LogP contribution < -0.4 is 5.32 Å². The third-order valence-electron chi connectivity index (χ3n) is 3.18. The molecule has 118 valence electrons. The highest BCUT2D eigenvalue weighted by atomic mass is 32.2. The SMILES string of the molecule is CSCC[C@@H](CO)NC(=O)c1ccc(Cn2cnnn2)cc1. The number of aliphatic hydroxyl groups excluding tert-OH is 1. The first-order chi connectivity index (χ1) is 10.7. The maximum Gasteiger partial charge on any atom is 0.251 e. The van der Waals surface area contributed by atoms with Gasteiger partial charge >= 0.3 is 0 Å². The van der Waals surface area contributed by atoms with Crippen molar-refractivity contribution in [2.45, 2.75) is 19.0 Å². The number of hydrogen-bond acceptors (Lipinski definition) is 6. The number of hydrogen-bond donors (Lipinski definition) is 2. The van der Waals surface area contributed by atoms with Gasteiger partial charge in [0.25, 0.3) is 5.91 Å². The van der Waals surface area contributed by atoms with Crippen LogP contribution in [0.4, 0.5) is 0 Å². The number of carbonyl (C=O) groups excluding carboxylic acids is 1. The highest BCUT2D eigenvalue weighted by molar-refractivity contribution is 7.98. The molecular formula is C14H19N5O2S. The molecule has 7 nitrogen and oxygen atoms in total. The van der Waals surface area contributed by atoms with Crippen LogP contribution in [-0.4, -0.2) is 55.9 Å². The predicted octanol–water partition coefficient (Wildman–Crippen LogP) is 0.565. The number of rotatable bonds is 8. The maximum atomic E-state index is 12.1. The van der Waals surface area contributed by atoms with E-state index in [0.29, 0.717) is 12.1 Å². The lowest BCUT2D eigenvalue weighted by molar-refractivity contribution is 0.0915. The van der Waals surface area contributed by atoms with Crippen molar-refractivity contribution in [1.82, 2.24) is 25.5 Å². The number of tetrazole rings is 1. The van der Waals surface area contributed by atoms with Gasteiger partial charge in [0, 0.05) is 5.56 Å². The van der Waals surface area contributed by atoms with Gasteiger partial charge in [-0.2, -0.15) is 11.8 Å². The fourth-order valence-corrected chi connectivity index (χ4v) is 2.46. The Morgan fingerprint density at radius 1 is 1.41 bits per heavy atom. The minimum atomic E-state index is -0.208. The molecule has 0 aliphatic heterocycles. The fraction of sp³-hybridized carbons (Fsp3) is 0.429. The number of nitrogens with zero attached hydrogens (tertiary/aromatic N) is 4. The quantitative estimate of drug-likeness (QED) is 0.738. The molecule has 22 heavy (non-hydrogen) atoms. The van der Waals surface area contributed by atoms with Crippen molar-refractivity contribution in [3.8, 4) is 0 Å². The molecule has 0 unspecified atom stereocenters. The Morgan fingerprint density at radius 3 is 2.77 bits per heavy atom. The zero-order valence-electron chi connectivity index (χ0n) is 12.3. The van der Waals surface area contributed by atoms with Crippen LogP contribution in [0.2, 0.25) is 0 Å². The average molecular weight is 321 g/mol. The summed E-state index contributed by atoms with van der Waals surface area (Å²) in [6.45, 7) is 0.506. The Morgan fingerprint density at radius 2 is 2.18 bits per heavy atom. The van der Waals surface area contributed by atoms with Gasteiger partial charge in [-0.15, -0.1) is 5.10 Å². The zero-order valence-corrected chi connectivity index (χ0v) is 13.2. The van der Waals surface area contributed by atoms with Crippen LogP contribution >= 0.6 is 11.8 Å². The summed E-state index contributed by atoms with van der Waals surface area (Å²) >= 11 is 1.69. The predicted molar refractivity (Wildman–Crippen MR) is 84.7 cm³/mol. The van der Waals surface area contributed by atoms with E-state index < -0.39 is 0 Å². The van der Waals surface area contributed by atoms with Crippen molar-refractivity contribution >= 4 is 17.7 Å². The average Bonchev–Trinajstić information content (AvgIpc) is 3.05. The summed E-state index contributed by atoms with van der Waals surface area (Å²) in [6, 6.07) is 7.05. The second-order valence-electron chi connectivity index (χ2n) is 4.84. The molecule has 0 saturated heterocycles. The highest BCUT2D eigenvalue weighted by Crippen LogP contribution is 2.07. The third-order valence-corrected chi connectivity index (χ3v) is 3.82. The van der Waals surface area contributed by atoms with Gasteiger partial charge in [0.05, 0.1) is 19.2 Å². The van der Waals surface area contributed by atoms with Crippen molar-refractivity contribution in [2.75, 3.05) is 18.6 Å². The molecule has 0 spiro atoms. The van der Waals surface area contributed by atoms with Crippen molar-refractivity contribution in [3.63, 3.8) is 0 Å². The fourth-order valence-electron chi connectivity index (χ4n) is 1.94. The van der Waals surface area contributed by atoms with Crippen LogP contribution in [0.25, 0.3) is 0 Å². The normalized spacial score (nSPS) is 12.1. The van der Waals surface area contributed by atoms with Crippen LogP contribution in [0, 0.1) is 0 Å². The van der Waals surface area contributed by atoms with E-state index in [4.69, 9.17) is 0 Å². The molecule has 0 saturated carbocycles. The van der Waals surface area contributed by atoms with Crippen molar-refractivity contribution in [1.29, 1.82) is 0 Å². The van der Waals surface area contributed by atoms with Crippen molar-refractivity contribution < 1.29 is 9.90 Å². The van der Waals surface area contributed by atoms with Crippen LogP contribution in [0.3, 0.4) is 0 Å². The molecule has 1 amide bonds. The topological polar surface area (TPSA) is 92.9 Å². The van der Waals surface area contributed by atoms with E-state index in [0.717, 1.165) is 17.7 Å².